The van der Waals surface area contributed by atoms with Crippen LogP contribution in [0.5, 0.6) is 0 Å². The molecule has 1 heterocycles. The smallest absolute Gasteiger partial charge is 0.404 e. The highest BCUT2D eigenvalue weighted by Crippen LogP contribution is 2.27. The Balaban J connectivity index is 2.88. The van der Waals surface area contributed by atoms with E-state index in [-0.39, 0.29) is 5.69 Å². The van der Waals surface area contributed by atoms with Gasteiger partial charge in [-0.3, -0.25) is 14.3 Å². The topological polar surface area (TPSA) is 75.4 Å². The number of alkyl halides is 3. The summed E-state index contributed by atoms with van der Waals surface area (Å²) in [6.07, 6.45) is -3.73. The highest BCUT2D eigenvalue weighted by Gasteiger charge is 2.45. The molecule has 0 radical (unpaired) electrons. The molecule has 19 heavy (non-hydrogen) atoms. The molecule has 0 aliphatic heterocycles. The van der Waals surface area contributed by atoms with Crippen molar-refractivity contribution in [3.05, 3.63) is 18.0 Å². The highest BCUT2D eigenvalue weighted by atomic mass is 19.4. The zero-order chi connectivity index (χ0) is 14.8. The second kappa shape index (κ2) is 5.29. The molecule has 1 rings (SSSR count). The highest BCUT2D eigenvalue weighted by molar-refractivity contribution is 5.91. The van der Waals surface area contributed by atoms with Crippen molar-refractivity contribution in [2.45, 2.75) is 12.7 Å². The maximum Gasteiger partial charge on any atom is 0.404 e. The van der Waals surface area contributed by atoms with E-state index >= 15 is 0 Å². The molecule has 9 heteroatoms. The monoisotopic (exact) mass is 279 g/mol. The summed E-state index contributed by atoms with van der Waals surface area (Å²) in [4.78, 5) is 23.3. The summed E-state index contributed by atoms with van der Waals surface area (Å²) in [6, 6.07) is 1.23. The standard InChI is InChI=1S/C10H12F3N3O3/c1-15(2)8(17)7-3-4-16(14-7)5-6(9(18)19)10(11,12)13/h3-4,6H,5H2,1-2H3,(H,18,19). The van der Waals surface area contributed by atoms with E-state index in [9.17, 15) is 22.8 Å². The van der Waals surface area contributed by atoms with Gasteiger partial charge >= 0.3 is 12.1 Å². The van der Waals surface area contributed by atoms with Crippen LogP contribution in [0.25, 0.3) is 0 Å². The molecular formula is C10H12F3N3O3. The second-order valence-electron chi connectivity index (χ2n) is 4.06. The van der Waals surface area contributed by atoms with Crippen LogP contribution in [0, 0.1) is 5.92 Å². The molecule has 0 aliphatic rings. The van der Waals surface area contributed by atoms with E-state index in [1.165, 1.54) is 25.1 Å². The predicted molar refractivity (Wildman–Crippen MR) is 57.4 cm³/mol. The number of halogens is 3. The number of nitrogens with zero attached hydrogens (tertiary/aromatic N) is 3. The summed E-state index contributed by atoms with van der Waals surface area (Å²) in [7, 11) is 2.94. The Morgan fingerprint density at radius 1 is 1.47 bits per heavy atom. The number of rotatable bonds is 4. The number of hydrogen-bond donors (Lipinski definition) is 1. The number of carboxylic acid groups (broad SMARTS) is 1. The number of aliphatic carboxylic acids is 1. The van der Waals surface area contributed by atoms with Gasteiger partial charge in [0.2, 0.25) is 0 Å². The Morgan fingerprint density at radius 3 is 2.47 bits per heavy atom. The fourth-order valence-electron chi connectivity index (χ4n) is 1.32. The first-order valence-corrected chi connectivity index (χ1v) is 5.17. The van der Waals surface area contributed by atoms with Crippen molar-refractivity contribution < 1.29 is 27.9 Å². The summed E-state index contributed by atoms with van der Waals surface area (Å²) in [5, 5.41) is 12.2. The Hall–Kier alpha value is -2.06. The molecule has 1 unspecified atom stereocenters. The molecule has 106 valence electrons. The van der Waals surface area contributed by atoms with Crippen molar-refractivity contribution in [2.75, 3.05) is 14.1 Å². The molecule has 0 saturated carbocycles. The number of carbonyl (C=O) groups is 2. The fourth-order valence-corrected chi connectivity index (χ4v) is 1.32. The van der Waals surface area contributed by atoms with Gasteiger partial charge < -0.3 is 10.0 Å². The van der Waals surface area contributed by atoms with Crippen molar-refractivity contribution in [3.8, 4) is 0 Å². The SMILES string of the molecule is CN(C)C(=O)c1ccn(CC(C(=O)O)C(F)(F)F)n1. The van der Waals surface area contributed by atoms with E-state index in [0.29, 0.717) is 0 Å². The molecule has 0 aromatic carbocycles. The van der Waals surface area contributed by atoms with Crippen LogP contribution in [0.4, 0.5) is 13.2 Å². The van der Waals surface area contributed by atoms with Crippen molar-refractivity contribution >= 4 is 11.9 Å². The van der Waals surface area contributed by atoms with Crippen LogP contribution >= 0.6 is 0 Å². The van der Waals surface area contributed by atoms with Gasteiger partial charge in [-0.2, -0.15) is 18.3 Å². The van der Waals surface area contributed by atoms with E-state index in [2.05, 4.69) is 5.10 Å². The summed E-state index contributed by atoms with van der Waals surface area (Å²) < 4.78 is 38.2. The van der Waals surface area contributed by atoms with Gasteiger partial charge in [0, 0.05) is 20.3 Å². The zero-order valence-corrected chi connectivity index (χ0v) is 10.2. The number of amides is 1. The molecule has 1 aromatic heterocycles. The van der Waals surface area contributed by atoms with Crippen molar-refractivity contribution in [2.24, 2.45) is 5.92 Å². The lowest BCUT2D eigenvalue weighted by atomic mass is 10.1. The fraction of sp³-hybridized carbons (Fsp3) is 0.500. The van der Waals surface area contributed by atoms with Gasteiger partial charge in [-0.1, -0.05) is 0 Å². The molecule has 0 bridgehead atoms. The molecule has 0 spiro atoms. The van der Waals surface area contributed by atoms with Gasteiger partial charge in [-0.05, 0) is 6.07 Å². The Bertz CT molecular complexity index is 482. The van der Waals surface area contributed by atoms with Crippen LogP contribution in [0.2, 0.25) is 0 Å². The Kier molecular flexibility index (Phi) is 4.17. The lowest BCUT2D eigenvalue weighted by Crippen LogP contribution is -2.34. The minimum absolute atomic E-state index is 0.0451. The van der Waals surface area contributed by atoms with E-state index in [1.54, 1.807) is 0 Å². The molecule has 1 aromatic rings. The zero-order valence-electron chi connectivity index (χ0n) is 10.2. The van der Waals surface area contributed by atoms with Gasteiger partial charge in [-0.25, -0.2) is 0 Å². The van der Waals surface area contributed by atoms with Gasteiger partial charge in [0.05, 0.1) is 6.54 Å². The molecule has 1 atom stereocenters. The number of hydrogen-bond acceptors (Lipinski definition) is 3. The number of carbonyl (C=O) groups excluding carboxylic acids is 1. The van der Waals surface area contributed by atoms with Crippen LogP contribution in [-0.2, 0) is 11.3 Å². The lowest BCUT2D eigenvalue weighted by Gasteiger charge is -2.15. The average molecular weight is 279 g/mol. The minimum atomic E-state index is -4.87. The van der Waals surface area contributed by atoms with Crippen LogP contribution in [-0.4, -0.2) is 51.9 Å². The van der Waals surface area contributed by atoms with E-state index < -0.39 is 30.5 Å². The summed E-state index contributed by atoms with van der Waals surface area (Å²) in [6.45, 7) is -0.875. The van der Waals surface area contributed by atoms with Gasteiger partial charge in [0.25, 0.3) is 5.91 Å². The molecule has 6 nitrogen and oxygen atoms in total. The molecular weight excluding hydrogens is 267 g/mol. The van der Waals surface area contributed by atoms with Gasteiger partial charge in [0.1, 0.15) is 5.69 Å². The van der Waals surface area contributed by atoms with E-state index in [1.807, 2.05) is 0 Å². The minimum Gasteiger partial charge on any atom is -0.481 e. The van der Waals surface area contributed by atoms with Crippen LogP contribution < -0.4 is 0 Å². The van der Waals surface area contributed by atoms with E-state index in [0.717, 1.165) is 10.9 Å². The second-order valence-corrected chi connectivity index (χ2v) is 4.06. The maximum atomic E-state index is 12.5. The summed E-state index contributed by atoms with van der Waals surface area (Å²) in [5.41, 5.74) is -0.0451. The quantitative estimate of drug-likeness (QED) is 0.886. The third-order valence-electron chi connectivity index (χ3n) is 2.33. The van der Waals surface area contributed by atoms with Crippen molar-refractivity contribution in [3.63, 3.8) is 0 Å². The van der Waals surface area contributed by atoms with Gasteiger partial charge in [0.15, 0.2) is 5.92 Å². The van der Waals surface area contributed by atoms with Crippen molar-refractivity contribution in [1.82, 2.24) is 14.7 Å². The van der Waals surface area contributed by atoms with Gasteiger partial charge in [-0.15, -0.1) is 0 Å². The first-order valence-electron chi connectivity index (χ1n) is 5.17. The molecule has 0 saturated heterocycles. The Labute approximate surface area is 106 Å². The normalized spacial score (nSPS) is 13.1. The molecule has 0 aliphatic carbocycles. The predicted octanol–water partition coefficient (Wildman–Crippen LogP) is 0.848. The average Bonchev–Trinajstić information content (AvgIpc) is 2.70. The maximum absolute atomic E-state index is 12.5. The summed E-state index contributed by atoms with van der Waals surface area (Å²) in [5.74, 6) is -5.02. The van der Waals surface area contributed by atoms with Crippen LogP contribution in [0.3, 0.4) is 0 Å². The number of carboxylic acids is 1. The lowest BCUT2D eigenvalue weighted by molar-refractivity contribution is -0.196. The first kappa shape index (κ1) is 15.0. The molecule has 1 amide bonds. The first-order chi connectivity index (χ1) is 8.62. The number of aromatic nitrogens is 2. The Morgan fingerprint density at radius 2 is 2.05 bits per heavy atom. The van der Waals surface area contributed by atoms with Crippen molar-refractivity contribution in [1.29, 1.82) is 0 Å². The largest absolute Gasteiger partial charge is 0.481 e. The third-order valence-corrected chi connectivity index (χ3v) is 2.33. The van der Waals surface area contributed by atoms with E-state index in [4.69, 9.17) is 5.11 Å². The molecule has 0 fully saturated rings. The molecule has 1 N–H and O–H groups in total. The van der Waals surface area contributed by atoms with Crippen LogP contribution in [0.1, 0.15) is 10.5 Å². The third kappa shape index (κ3) is 3.70. The summed E-state index contributed by atoms with van der Waals surface area (Å²) >= 11 is 0. The van der Waals surface area contributed by atoms with Crippen LogP contribution in [0.15, 0.2) is 12.3 Å².